The highest BCUT2D eigenvalue weighted by Crippen LogP contribution is 2.21. The van der Waals surface area contributed by atoms with Crippen LogP contribution in [0, 0.1) is 12.7 Å². The molecule has 0 saturated heterocycles. The molecule has 30 heavy (non-hydrogen) atoms. The molecule has 6 nitrogen and oxygen atoms in total. The monoisotopic (exact) mass is 412 g/mol. The Bertz CT molecular complexity index is 1120. The fraction of sp³-hybridized carbons (Fsp3) is 0.435. The summed E-state index contributed by atoms with van der Waals surface area (Å²) in [5.74, 6) is -0.676. The number of aromatic nitrogens is 3. The second-order valence-corrected chi connectivity index (χ2v) is 7.52. The summed E-state index contributed by atoms with van der Waals surface area (Å²) in [6.45, 7) is 9.55. The number of rotatable bonds is 8. The van der Waals surface area contributed by atoms with Gasteiger partial charge in [0.1, 0.15) is 11.5 Å². The molecule has 0 fully saturated rings. The van der Waals surface area contributed by atoms with E-state index in [9.17, 15) is 14.0 Å². The average Bonchev–Trinajstić information content (AvgIpc) is 3.06. The van der Waals surface area contributed by atoms with Crippen molar-refractivity contribution in [1.29, 1.82) is 0 Å². The number of benzene rings is 1. The van der Waals surface area contributed by atoms with Crippen LogP contribution < -0.4 is 5.56 Å². The lowest BCUT2D eigenvalue weighted by Crippen LogP contribution is -2.32. The van der Waals surface area contributed by atoms with Crippen molar-refractivity contribution in [2.45, 2.75) is 60.0 Å². The zero-order valence-electron chi connectivity index (χ0n) is 18.1. The Morgan fingerprint density at radius 3 is 2.57 bits per heavy atom. The lowest BCUT2D eigenvalue weighted by Gasteiger charge is -2.22. The Morgan fingerprint density at radius 2 is 1.93 bits per heavy atom. The predicted octanol–water partition coefficient (Wildman–Crippen LogP) is 3.97. The van der Waals surface area contributed by atoms with Crippen molar-refractivity contribution in [3.63, 3.8) is 0 Å². The van der Waals surface area contributed by atoms with Gasteiger partial charge >= 0.3 is 0 Å². The van der Waals surface area contributed by atoms with E-state index >= 15 is 0 Å². The van der Waals surface area contributed by atoms with Crippen LogP contribution in [-0.2, 0) is 19.5 Å². The Morgan fingerprint density at radius 1 is 1.17 bits per heavy atom. The molecule has 0 unspecified atom stereocenters. The van der Waals surface area contributed by atoms with Gasteiger partial charge in [-0.3, -0.25) is 9.59 Å². The summed E-state index contributed by atoms with van der Waals surface area (Å²) in [6, 6.07) is 7.33. The van der Waals surface area contributed by atoms with Crippen molar-refractivity contribution < 1.29 is 9.18 Å². The molecule has 0 bridgehead atoms. The Balaban J connectivity index is 2.10. The number of fused-ring (bicyclic) bond motifs is 1. The van der Waals surface area contributed by atoms with E-state index in [1.807, 2.05) is 20.8 Å². The molecule has 0 spiro atoms. The summed E-state index contributed by atoms with van der Waals surface area (Å²) in [6.07, 6.45) is 2.42. The maximum Gasteiger partial charge on any atom is 0.274 e. The van der Waals surface area contributed by atoms with Crippen molar-refractivity contribution >= 4 is 11.6 Å². The number of nitrogens with zero attached hydrogens (tertiary/aromatic N) is 4. The highest BCUT2D eigenvalue weighted by molar-refractivity contribution is 5.94. The zero-order valence-corrected chi connectivity index (χ0v) is 18.1. The lowest BCUT2D eigenvalue weighted by atomic mass is 10.1. The molecule has 0 N–H and O–H groups in total. The maximum atomic E-state index is 13.6. The van der Waals surface area contributed by atoms with Crippen molar-refractivity contribution in [2.75, 3.05) is 6.54 Å². The predicted molar refractivity (Wildman–Crippen MR) is 115 cm³/mol. The number of carbonyl (C=O) groups is 1. The van der Waals surface area contributed by atoms with E-state index in [1.165, 1.54) is 22.7 Å². The highest BCUT2D eigenvalue weighted by atomic mass is 19.1. The van der Waals surface area contributed by atoms with Gasteiger partial charge in [-0.15, -0.1) is 0 Å². The fourth-order valence-corrected chi connectivity index (χ4v) is 3.94. The molecule has 0 aliphatic rings. The third-order valence-corrected chi connectivity index (χ3v) is 5.27. The molecule has 2 aromatic heterocycles. The third-order valence-electron chi connectivity index (χ3n) is 5.27. The van der Waals surface area contributed by atoms with Crippen LogP contribution in [0.3, 0.4) is 0 Å². The minimum atomic E-state index is -0.438. The first-order valence-corrected chi connectivity index (χ1v) is 10.6. The Labute approximate surface area is 175 Å². The smallest absolute Gasteiger partial charge is 0.274 e. The van der Waals surface area contributed by atoms with Gasteiger partial charge in [-0.05, 0) is 44.9 Å². The van der Waals surface area contributed by atoms with Gasteiger partial charge in [0, 0.05) is 36.0 Å². The van der Waals surface area contributed by atoms with Gasteiger partial charge in [0.05, 0.1) is 12.2 Å². The molecule has 0 aliphatic carbocycles. The largest absolute Gasteiger partial charge is 0.333 e. The van der Waals surface area contributed by atoms with Crippen molar-refractivity contribution in [1.82, 2.24) is 19.1 Å². The number of halogens is 1. The molecule has 160 valence electrons. The van der Waals surface area contributed by atoms with Crippen LogP contribution in [0.5, 0.6) is 0 Å². The van der Waals surface area contributed by atoms with Crippen LogP contribution in [0.15, 0.2) is 35.1 Å². The van der Waals surface area contributed by atoms with Crippen LogP contribution in [-0.4, -0.2) is 31.5 Å². The van der Waals surface area contributed by atoms with E-state index in [0.717, 1.165) is 48.4 Å². The Kier molecular flexibility index (Phi) is 6.70. The molecule has 7 heteroatoms. The van der Waals surface area contributed by atoms with Crippen LogP contribution in [0.4, 0.5) is 4.39 Å². The first-order valence-electron chi connectivity index (χ1n) is 10.6. The molecule has 0 saturated carbocycles. The van der Waals surface area contributed by atoms with E-state index in [2.05, 4.69) is 16.6 Å². The summed E-state index contributed by atoms with van der Waals surface area (Å²) in [5, 5.41) is 4.61. The van der Waals surface area contributed by atoms with Crippen molar-refractivity contribution in [3.8, 4) is 0 Å². The number of hydrogen-bond donors (Lipinski definition) is 0. The minimum Gasteiger partial charge on any atom is -0.333 e. The standard InChI is InChI=1S/C23H29FN4O2/c1-5-9-19-20(25-28-21(29)13-16(4)27(7-3)22(19)28)15-26(12-6-2)23(30)17-10-8-11-18(24)14-17/h8,10-11,13-14H,5-7,9,12,15H2,1-4H3. The number of amides is 1. The number of carbonyl (C=O) groups excluding carboxylic acids is 1. The SMILES string of the molecule is CCCc1c(CN(CCC)C(=O)c2cccc(F)c2)nn2c(=O)cc(C)n(CC)c12. The van der Waals surface area contributed by atoms with Crippen LogP contribution in [0.1, 0.15) is 60.9 Å². The maximum absolute atomic E-state index is 13.6. The Hall–Kier alpha value is -2.96. The van der Waals surface area contributed by atoms with E-state index < -0.39 is 5.82 Å². The quantitative estimate of drug-likeness (QED) is 0.563. The average molecular weight is 413 g/mol. The summed E-state index contributed by atoms with van der Waals surface area (Å²) < 4.78 is 17.2. The summed E-state index contributed by atoms with van der Waals surface area (Å²) in [5.41, 5.74) is 3.55. The molecule has 1 aromatic carbocycles. The third kappa shape index (κ3) is 4.15. The van der Waals surface area contributed by atoms with Gasteiger partial charge in [0.15, 0.2) is 0 Å². The zero-order chi connectivity index (χ0) is 21.8. The van der Waals surface area contributed by atoms with Gasteiger partial charge in [-0.25, -0.2) is 4.39 Å². The number of aryl methyl sites for hydroxylation is 3. The van der Waals surface area contributed by atoms with Gasteiger partial charge < -0.3 is 9.47 Å². The molecular weight excluding hydrogens is 383 g/mol. The van der Waals surface area contributed by atoms with Gasteiger partial charge in [-0.1, -0.05) is 26.3 Å². The van der Waals surface area contributed by atoms with E-state index in [1.54, 1.807) is 17.0 Å². The topological polar surface area (TPSA) is 59.6 Å². The molecule has 0 aliphatic heterocycles. The van der Waals surface area contributed by atoms with Crippen LogP contribution >= 0.6 is 0 Å². The first kappa shape index (κ1) is 21.7. The first-order chi connectivity index (χ1) is 14.4. The normalized spacial score (nSPS) is 11.2. The lowest BCUT2D eigenvalue weighted by molar-refractivity contribution is 0.0740. The fourth-order valence-electron chi connectivity index (χ4n) is 3.94. The summed E-state index contributed by atoms with van der Waals surface area (Å²) >= 11 is 0. The van der Waals surface area contributed by atoms with E-state index in [4.69, 9.17) is 0 Å². The molecule has 0 atom stereocenters. The second kappa shape index (κ2) is 9.24. The van der Waals surface area contributed by atoms with Crippen molar-refractivity contribution in [2.24, 2.45) is 0 Å². The highest BCUT2D eigenvalue weighted by Gasteiger charge is 2.22. The molecule has 0 radical (unpaired) electrons. The molecule has 3 aromatic rings. The minimum absolute atomic E-state index is 0.172. The van der Waals surface area contributed by atoms with E-state index in [0.29, 0.717) is 12.1 Å². The molecule has 2 heterocycles. The molecule has 1 amide bonds. The van der Waals surface area contributed by atoms with Crippen LogP contribution in [0.25, 0.3) is 5.65 Å². The number of hydrogen-bond acceptors (Lipinski definition) is 3. The van der Waals surface area contributed by atoms with Crippen LogP contribution in [0.2, 0.25) is 0 Å². The van der Waals surface area contributed by atoms with Gasteiger partial charge in [0.25, 0.3) is 11.5 Å². The molecular formula is C23H29FN4O2. The second-order valence-electron chi connectivity index (χ2n) is 7.52. The van der Waals surface area contributed by atoms with E-state index in [-0.39, 0.29) is 18.0 Å². The van der Waals surface area contributed by atoms with Crippen molar-refractivity contribution in [3.05, 3.63) is 69.0 Å². The molecule has 3 rings (SSSR count). The summed E-state index contributed by atoms with van der Waals surface area (Å²) in [7, 11) is 0. The summed E-state index contributed by atoms with van der Waals surface area (Å²) in [4.78, 5) is 27.4. The van der Waals surface area contributed by atoms with Gasteiger partial charge in [-0.2, -0.15) is 9.61 Å². The van der Waals surface area contributed by atoms with Gasteiger partial charge in [0.2, 0.25) is 0 Å².